The highest BCUT2D eigenvalue weighted by Crippen LogP contribution is 2.19. The van der Waals surface area contributed by atoms with E-state index in [1.165, 1.54) is 5.56 Å². The summed E-state index contributed by atoms with van der Waals surface area (Å²) in [4.78, 5) is 25.8. The van der Waals surface area contributed by atoms with Gasteiger partial charge in [-0.2, -0.15) is 13.2 Å². The number of ether oxygens (including phenoxy) is 2. The summed E-state index contributed by atoms with van der Waals surface area (Å²) in [6, 6.07) is 15.1. The van der Waals surface area contributed by atoms with Gasteiger partial charge in [-0.25, -0.2) is 9.59 Å². The number of hydrogen-bond donors (Lipinski definition) is 3. The van der Waals surface area contributed by atoms with Crippen molar-refractivity contribution in [1.29, 1.82) is 0 Å². The van der Waals surface area contributed by atoms with Gasteiger partial charge < -0.3 is 29.9 Å². The van der Waals surface area contributed by atoms with Crippen LogP contribution in [0.1, 0.15) is 25.3 Å². The van der Waals surface area contributed by atoms with Gasteiger partial charge >= 0.3 is 18.2 Å². The van der Waals surface area contributed by atoms with Crippen LogP contribution in [0, 0.1) is 0 Å². The van der Waals surface area contributed by atoms with Crippen LogP contribution in [-0.2, 0) is 9.53 Å². The molecular weight excluding hydrogens is 599 g/mol. The first-order chi connectivity index (χ1) is 18.8. The zero-order chi connectivity index (χ0) is 29.7. The third kappa shape index (κ3) is 12.5. The number of aliphatic carboxylic acids is 1. The molecule has 1 fully saturated rings. The number of rotatable bonds is 10. The molecule has 0 bridgehead atoms. The molecule has 1 atom stereocenters. The molecule has 3 rings (SSSR count). The lowest BCUT2D eigenvalue weighted by molar-refractivity contribution is -0.192. The Labute approximate surface area is 240 Å². The molecule has 2 aromatic carbocycles. The van der Waals surface area contributed by atoms with Crippen molar-refractivity contribution in [2.75, 3.05) is 57.9 Å². The standard InChI is InChI=1S/C25H34BrN3O4.C2HF3O2/c1-19(2)20-3-9-24(10-4-20)33-18-23(30)17-29(12-11-28-13-15-32-16-14-28)25(31)27-22-7-5-21(26)6-8-22;3-2(4,5)1(6)7/h3-10,19,23,30H,11-18H2,1-2H3,(H,27,31);(H,6,7). The second-order valence-electron chi connectivity index (χ2n) is 9.33. The van der Waals surface area contributed by atoms with Crippen LogP contribution in [0.15, 0.2) is 53.0 Å². The number of nitrogens with one attached hydrogen (secondary N) is 1. The van der Waals surface area contributed by atoms with Crippen molar-refractivity contribution < 1.29 is 42.4 Å². The number of aliphatic hydroxyl groups is 1. The minimum absolute atomic E-state index is 0.112. The molecule has 2 aromatic rings. The minimum Gasteiger partial charge on any atom is -0.491 e. The second-order valence-corrected chi connectivity index (χ2v) is 10.2. The number of halogens is 4. The fourth-order valence-corrected chi connectivity index (χ4v) is 3.81. The van der Waals surface area contributed by atoms with Crippen LogP contribution in [0.4, 0.5) is 23.7 Å². The number of anilines is 1. The number of hydrogen-bond acceptors (Lipinski definition) is 6. The number of carboxylic acid groups (broad SMARTS) is 1. The first-order valence-electron chi connectivity index (χ1n) is 12.7. The van der Waals surface area contributed by atoms with Crippen LogP contribution in [0.2, 0.25) is 0 Å². The summed E-state index contributed by atoms with van der Waals surface area (Å²) in [5.41, 5.74) is 1.94. The fraction of sp³-hybridized carbons (Fsp3) is 0.481. The van der Waals surface area contributed by atoms with E-state index in [2.05, 4.69) is 40.0 Å². The molecule has 2 amide bonds. The van der Waals surface area contributed by atoms with E-state index in [0.717, 1.165) is 24.1 Å². The Morgan fingerprint density at radius 1 is 1.10 bits per heavy atom. The third-order valence-corrected chi connectivity index (χ3v) is 6.36. The van der Waals surface area contributed by atoms with E-state index in [1.807, 2.05) is 48.5 Å². The molecule has 9 nitrogen and oxygen atoms in total. The molecule has 3 N–H and O–H groups in total. The summed E-state index contributed by atoms with van der Waals surface area (Å²) in [6.45, 7) is 8.91. The van der Waals surface area contributed by atoms with Gasteiger partial charge in [0.25, 0.3) is 0 Å². The topological polar surface area (TPSA) is 112 Å². The molecule has 1 aliphatic heterocycles. The molecule has 0 saturated carbocycles. The lowest BCUT2D eigenvalue weighted by atomic mass is 10.0. The van der Waals surface area contributed by atoms with Crippen molar-refractivity contribution in [3.05, 3.63) is 58.6 Å². The van der Waals surface area contributed by atoms with Crippen LogP contribution in [0.5, 0.6) is 5.75 Å². The average molecular weight is 634 g/mol. The number of aliphatic hydroxyl groups excluding tert-OH is 1. The summed E-state index contributed by atoms with van der Waals surface area (Å²) < 4.78 is 43.9. The monoisotopic (exact) mass is 633 g/mol. The Balaban J connectivity index is 0.000000708. The smallest absolute Gasteiger partial charge is 0.490 e. The van der Waals surface area contributed by atoms with Gasteiger partial charge in [0.05, 0.1) is 19.8 Å². The van der Waals surface area contributed by atoms with Crippen molar-refractivity contribution in [3.8, 4) is 5.75 Å². The van der Waals surface area contributed by atoms with Crippen molar-refractivity contribution in [1.82, 2.24) is 9.80 Å². The number of urea groups is 1. The van der Waals surface area contributed by atoms with E-state index < -0.39 is 18.2 Å². The van der Waals surface area contributed by atoms with Gasteiger partial charge in [0, 0.05) is 36.3 Å². The number of carbonyl (C=O) groups is 2. The number of carboxylic acids is 1. The Hall–Kier alpha value is -2.87. The predicted molar refractivity (Wildman–Crippen MR) is 148 cm³/mol. The number of alkyl halides is 3. The molecule has 0 aromatic heterocycles. The maximum atomic E-state index is 13.0. The highest BCUT2D eigenvalue weighted by atomic mass is 79.9. The average Bonchev–Trinajstić information content (AvgIpc) is 2.91. The summed E-state index contributed by atoms with van der Waals surface area (Å²) in [5.74, 6) is -1.60. The van der Waals surface area contributed by atoms with E-state index in [4.69, 9.17) is 19.4 Å². The summed E-state index contributed by atoms with van der Waals surface area (Å²) in [7, 11) is 0. The number of nitrogens with zero attached hydrogens (tertiary/aromatic N) is 2. The van der Waals surface area contributed by atoms with E-state index in [0.29, 0.717) is 37.1 Å². The first-order valence-corrected chi connectivity index (χ1v) is 13.5. The highest BCUT2D eigenvalue weighted by Gasteiger charge is 2.38. The lowest BCUT2D eigenvalue weighted by Crippen LogP contribution is -2.47. The molecule has 1 unspecified atom stereocenters. The van der Waals surface area contributed by atoms with Crippen LogP contribution < -0.4 is 10.1 Å². The van der Waals surface area contributed by atoms with Gasteiger partial charge in [-0.05, 0) is 47.9 Å². The van der Waals surface area contributed by atoms with Gasteiger partial charge in [-0.1, -0.05) is 41.9 Å². The molecule has 1 saturated heterocycles. The molecule has 0 radical (unpaired) electrons. The lowest BCUT2D eigenvalue weighted by Gasteiger charge is -2.31. The summed E-state index contributed by atoms with van der Waals surface area (Å²) >= 11 is 3.40. The Bertz CT molecular complexity index is 1050. The SMILES string of the molecule is CC(C)c1ccc(OCC(O)CN(CCN2CCOCC2)C(=O)Nc2ccc(Br)cc2)cc1.O=C(O)C(F)(F)F. The molecule has 1 aliphatic rings. The fourth-order valence-electron chi connectivity index (χ4n) is 3.55. The van der Waals surface area contributed by atoms with E-state index in [1.54, 1.807) is 4.90 Å². The van der Waals surface area contributed by atoms with Crippen molar-refractivity contribution in [2.24, 2.45) is 0 Å². The Morgan fingerprint density at radius 3 is 2.20 bits per heavy atom. The summed E-state index contributed by atoms with van der Waals surface area (Å²) in [5, 5.41) is 20.7. The molecular formula is C27H35BrF3N3O6. The molecule has 1 heterocycles. The molecule has 222 valence electrons. The van der Waals surface area contributed by atoms with Gasteiger partial charge in [0.2, 0.25) is 0 Å². The van der Waals surface area contributed by atoms with E-state index >= 15 is 0 Å². The number of carbonyl (C=O) groups excluding carboxylic acids is 1. The maximum absolute atomic E-state index is 13.0. The predicted octanol–water partition coefficient (Wildman–Crippen LogP) is 4.81. The Morgan fingerprint density at radius 2 is 1.68 bits per heavy atom. The normalized spacial score (nSPS) is 14.6. The van der Waals surface area contributed by atoms with Crippen molar-refractivity contribution >= 4 is 33.6 Å². The largest absolute Gasteiger partial charge is 0.491 e. The quantitative estimate of drug-likeness (QED) is 0.344. The zero-order valence-corrected chi connectivity index (χ0v) is 24.0. The highest BCUT2D eigenvalue weighted by molar-refractivity contribution is 9.10. The zero-order valence-electron chi connectivity index (χ0n) is 22.4. The van der Waals surface area contributed by atoms with Crippen LogP contribution in [-0.4, -0.2) is 96.8 Å². The summed E-state index contributed by atoms with van der Waals surface area (Å²) in [6.07, 6.45) is -5.89. The minimum atomic E-state index is -5.08. The second kappa shape index (κ2) is 16.4. The van der Waals surface area contributed by atoms with Gasteiger partial charge in [-0.15, -0.1) is 0 Å². The number of amides is 2. The molecule has 13 heteroatoms. The first kappa shape index (κ1) is 33.3. The van der Waals surface area contributed by atoms with E-state index in [-0.39, 0.29) is 19.2 Å². The van der Waals surface area contributed by atoms with Crippen molar-refractivity contribution in [3.63, 3.8) is 0 Å². The van der Waals surface area contributed by atoms with Crippen LogP contribution in [0.3, 0.4) is 0 Å². The van der Waals surface area contributed by atoms with Crippen LogP contribution in [0.25, 0.3) is 0 Å². The maximum Gasteiger partial charge on any atom is 0.490 e. The number of benzene rings is 2. The molecule has 0 spiro atoms. The third-order valence-electron chi connectivity index (χ3n) is 5.84. The number of morpholine rings is 1. The molecule has 0 aliphatic carbocycles. The van der Waals surface area contributed by atoms with Gasteiger partial charge in [0.1, 0.15) is 18.5 Å². The van der Waals surface area contributed by atoms with Gasteiger partial charge in [-0.3, -0.25) is 4.90 Å². The van der Waals surface area contributed by atoms with Crippen LogP contribution >= 0.6 is 15.9 Å². The van der Waals surface area contributed by atoms with Crippen molar-refractivity contribution in [2.45, 2.75) is 32.0 Å². The Kier molecular flexibility index (Phi) is 13.7. The van der Waals surface area contributed by atoms with Gasteiger partial charge in [0.15, 0.2) is 0 Å². The molecule has 40 heavy (non-hydrogen) atoms. The van der Waals surface area contributed by atoms with E-state index in [9.17, 15) is 23.1 Å².